The molecule has 4 heteroatoms. The van der Waals surface area contributed by atoms with E-state index in [9.17, 15) is 13.5 Å². The van der Waals surface area contributed by atoms with Crippen molar-refractivity contribution in [2.24, 2.45) is 5.92 Å². The lowest BCUT2D eigenvalue weighted by Crippen LogP contribution is -2.17. The predicted molar refractivity (Wildman–Crippen MR) is 69.7 cm³/mol. The maximum atomic E-state index is 11.4. The van der Waals surface area contributed by atoms with Crippen LogP contribution in [0.1, 0.15) is 18.9 Å². The van der Waals surface area contributed by atoms with Crippen molar-refractivity contribution in [3.63, 3.8) is 0 Å². The van der Waals surface area contributed by atoms with Gasteiger partial charge in [-0.25, -0.2) is 8.42 Å². The van der Waals surface area contributed by atoms with Crippen LogP contribution in [0.2, 0.25) is 0 Å². The van der Waals surface area contributed by atoms with Gasteiger partial charge in [0.15, 0.2) is 0 Å². The van der Waals surface area contributed by atoms with Gasteiger partial charge in [-0.1, -0.05) is 37.3 Å². The fraction of sp³-hybridized carbons (Fsp3) is 0.538. The average molecular weight is 256 g/mol. The lowest BCUT2D eigenvalue weighted by Gasteiger charge is -2.13. The van der Waals surface area contributed by atoms with Crippen molar-refractivity contribution in [1.29, 1.82) is 0 Å². The molecule has 0 aromatic heterocycles. The molecule has 1 N–H and O–H groups in total. The zero-order valence-electron chi connectivity index (χ0n) is 10.2. The highest BCUT2D eigenvalue weighted by molar-refractivity contribution is 7.91. The average Bonchev–Trinajstić information content (AvgIpc) is 2.35. The summed E-state index contributed by atoms with van der Waals surface area (Å²) in [5, 5.41) is 9.26. The molecule has 17 heavy (non-hydrogen) atoms. The molecule has 0 saturated heterocycles. The molecule has 0 spiro atoms. The second kappa shape index (κ2) is 6.77. The fourth-order valence-electron chi connectivity index (χ4n) is 1.70. The van der Waals surface area contributed by atoms with E-state index in [1.54, 1.807) is 6.92 Å². The number of benzene rings is 1. The molecule has 3 nitrogen and oxygen atoms in total. The highest BCUT2D eigenvalue weighted by Crippen LogP contribution is 2.13. The first kappa shape index (κ1) is 14.2. The molecular formula is C13H20O3S. The Hall–Kier alpha value is -0.870. The summed E-state index contributed by atoms with van der Waals surface area (Å²) in [7, 11) is -2.93. The molecule has 0 amide bonds. The van der Waals surface area contributed by atoms with Gasteiger partial charge in [0, 0.05) is 12.4 Å². The Balaban J connectivity index is 2.50. The number of hydrogen-bond donors (Lipinski definition) is 1. The number of rotatable bonds is 7. The van der Waals surface area contributed by atoms with Crippen molar-refractivity contribution >= 4 is 9.84 Å². The van der Waals surface area contributed by atoms with Gasteiger partial charge >= 0.3 is 0 Å². The van der Waals surface area contributed by atoms with Crippen LogP contribution in [0.25, 0.3) is 0 Å². The van der Waals surface area contributed by atoms with E-state index in [1.807, 2.05) is 30.3 Å². The van der Waals surface area contributed by atoms with Gasteiger partial charge in [0.05, 0.1) is 5.75 Å². The summed E-state index contributed by atoms with van der Waals surface area (Å²) in [5.41, 5.74) is 1.14. The van der Waals surface area contributed by atoms with E-state index in [4.69, 9.17) is 0 Å². The molecule has 0 radical (unpaired) electrons. The van der Waals surface area contributed by atoms with Gasteiger partial charge in [-0.3, -0.25) is 0 Å². The van der Waals surface area contributed by atoms with E-state index in [0.29, 0.717) is 6.42 Å². The lowest BCUT2D eigenvalue weighted by atomic mass is 9.98. The van der Waals surface area contributed by atoms with Gasteiger partial charge in [-0.2, -0.15) is 0 Å². The Kier molecular flexibility index (Phi) is 5.65. The van der Waals surface area contributed by atoms with Crippen LogP contribution in [-0.4, -0.2) is 31.6 Å². The SMILES string of the molecule is CCS(=O)(=O)CCC(CO)Cc1ccccc1. The van der Waals surface area contributed by atoms with Crippen LogP contribution in [-0.2, 0) is 16.3 Å². The molecule has 96 valence electrons. The second-order valence-electron chi connectivity index (χ2n) is 4.26. The number of hydrogen-bond acceptors (Lipinski definition) is 3. The van der Waals surface area contributed by atoms with E-state index in [-0.39, 0.29) is 24.0 Å². The third kappa shape index (κ3) is 5.33. The van der Waals surface area contributed by atoms with Crippen LogP contribution in [0.5, 0.6) is 0 Å². The summed E-state index contributed by atoms with van der Waals surface area (Å²) in [6.07, 6.45) is 1.26. The number of sulfone groups is 1. The first-order chi connectivity index (χ1) is 8.07. The maximum absolute atomic E-state index is 11.4. The van der Waals surface area contributed by atoms with Gasteiger partial charge in [-0.05, 0) is 24.3 Å². The fourth-order valence-corrected chi connectivity index (χ4v) is 2.68. The number of aliphatic hydroxyl groups is 1. The molecule has 0 aliphatic carbocycles. The van der Waals surface area contributed by atoms with E-state index in [0.717, 1.165) is 12.0 Å². The van der Waals surface area contributed by atoms with Crippen LogP contribution < -0.4 is 0 Å². The van der Waals surface area contributed by atoms with Crippen molar-refractivity contribution in [3.05, 3.63) is 35.9 Å². The molecule has 1 atom stereocenters. The highest BCUT2D eigenvalue weighted by Gasteiger charge is 2.14. The van der Waals surface area contributed by atoms with Crippen molar-refractivity contribution in [2.75, 3.05) is 18.1 Å². The molecule has 0 bridgehead atoms. The summed E-state index contributed by atoms with van der Waals surface area (Å²) >= 11 is 0. The smallest absolute Gasteiger partial charge is 0.150 e. The lowest BCUT2D eigenvalue weighted by molar-refractivity contribution is 0.222. The minimum Gasteiger partial charge on any atom is -0.396 e. The predicted octanol–water partition coefficient (Wildman–Crippen LogP) is 1.66. The molecule has 1 rings (SSSR count). The molecule has 0 heterocycles. The monoisotopic (exact) mass is 256 g/mol. The topological polar surface area (TPSA) is 54.4 Å². The largest absolute Gasteiger partial charge is 0.396 e. The van der Waals surface area contributed by atoms with Crippen LogP contribution >= 0.6 is 0 Å². The van der Waals surface area contributed by atoms with Crippen LogP contribution in [0.3, 0.4) is 0 Å². The van der Waals surface area contributed by atoms with Crippen molar-refractivity contribution < 1.29 is 13.5 Å². The molecule has 0 fully saturated rings. The Morgan fingerprint density at radius 1 is 1.24 bits per heavy atom. The van der Waals surface area contributed by atoms with Gasteiger partial charge in [-0.15, -0.1) is 0 Å². The standard InChI is InChI=1S/C13H20O3S/c1-2-17(15,16)9-8-13(11-14)10-12-6-4-3-5-7-12/h3-7,13-14H,2,8-11H2,1H3. The molecule has 0 aliphatic rings. The molecule has 1 unspecified atom stereocenters. The quantitative estimate of drug-likeness (QED) is 0.807. The minimum absolute atomic E-state index is 0.0266. The zero-order chi connectivity index (χ0) is 12.7. The Morgan fingerprint density at radius 3 is 2.41 bits per heavy atom. The molecule has 0 saturated carbocycles. The maximum Gasteiger partial charge on any atom is 0.150 e. The van der Waals surface area contributed by atoms with Crippen molar-refractivity contribution in [2.45, 2.75) is 19.8 Å². The van der Waals surface area contributed by atoms with E-state index < -0.39 is 9.84 Å². The number of aliphatic hydroxyl groups excluding tert-OH is 1. The van der Waals surface area contributed by atoms with Gasteiger partial charge in [0.1, 0.15) is 9.84 Å². The summed E-state index contributed by atoms with van der Waals surface area (Å²) in [6, 6.07) is 9.84. The first-order valence-electron chi connectivity index (χ1n) is 5.92. The minimum atomic E-state index is -2.93. The third-order valence-electron chi connectivity index (χ3n) is 2.90. The Bertz CT molecular complexity index is 412. The highest BCUT2D eigenvalue weighted by atomic mass is 32.2. The Morgan fingerprint density at radius 2 is 1.88 bits per heavy atom. The van der Waals surface area contributed by atoms with Gasteiger partial charge in [0.2, 0.25) is 0 Å². The normalized spacial score (nSPS) is 13.5. The second-order valence-corrected chi connectivity index (χ2v) is 6.74. The van der Waals surface area contributed by atoms with Crippen LogP contribution in [0.15, 0.2) is 30.3 Å². The van der Waals surface area contributed by atoms with Crippen LogP contribution in [0, 0.1) is 5.92 Å². The molecule has 1 aromatic rings. The molecule has 1 aromatic carbocycles. The summed E-state index contributed by atoms with van der Waals surface area (Å²) in [6.45, 7) is 1.69. The molecule has 0 aliphatic heterocycles. The van der Waals surface area contributed by atoms with E-state index in [1.165, 1.54) is 0 Å². The summed E-state index contributed by atoms with van der Waals surface area (Å²) in [5.74, 6) is 0.372. The Labute approximate surface area is 103 Å². The van der Waals surface area contributed by atoms with E-state index >= 15 is 0 Å². The van der Waals surface area contributed by atoms with Crippen LogP contribution in [0.4, 0.5) is 0 Å². The van der Waals surface area contributed by atoms with Gasteiger partial charge in [0.25, 0.3) is 0 Å². The summed E-state index contributed by atoms with van der Waals surface area (Å²) < 4.78 is 22.8. The molecular weight excluding hydrogens is 236 g/mol. The first-order valence-corrected chi connectivity index (χ1v) is 7.74. The van der Waals surface area contributed by atoms with Gasteiger partial charge < -0.3 is 5.11 Å². The zero-order valence-corrected chi connectivity index (χ0v) is 11.0. The summed E-state index contributed by atoms with van der Waals surface area (Å²) in [4.78, 5) is 0. The van der Waals surface area contributed by atoms with Crippen molar-refractivity contribution in [3.8, 4) is 0 Å². The van der Waals surface area contributed by atoms with E-state index in [2.05, 4.69) is 0 Å². The third-order valence-corrected chi connectivity index (χ3v) is 4.64. The van der Waals surface area contributed by atoms with Crippen molar-refractivity contribution in [1.82, 2.24) is 0 Å².